The third-order valence-electron chi connectivity index (χ3n) is 18.9. The number of aliphatic hydroxyl groups excluding tert-OH is 1. The molecule has 0 heterocycles. The minimum Gasteiger partial charge on any atom is -0.462 e. The molecule has 3 N–H and O–H groups in total. The highest BCUT2D eigenvalue weighted by Crippen LogP contribution is 2.45. The van der Waals surface area contributed by atoms with Gasteiger partial charge in [0.1, 0.15) is 19.3 Å². The molecular weight excluding hydrogens is 1320 g/mol. The van der Waals surface area contributed by atoms with Gasteiger partial charge < -0.3 is 33.8 Å². The molecule has 0 aromatic heterocycles. The van der Waals surface area contributed by atoms with E-state index in [2.05, 4.69) is 72.8 Å². The minimum absolute atomic E-state index is 0.101. The van der Waals surface area contributed by atoms with Gasteiger partial charge in [-0.25, -0.2) is 9.13 Å². The SMILES string of the molecule is CCCCCC/C=C\C=C/CCCCCCCC(=O)OC[C@H](COP(=O)(O)OC[C@@H](O)COP(=O)(O)OC[C@@H](COC(=O)CCCCCCCCC(C)CC)OC(=O)CCCCCCCCCCCCCCCCC(C)C)OC(=O)CCCCCCCCCCCCCCCCCCC(C)C. The Morgan fingerprint density at radius 2 is 0.584 bits per heavy atom. The molecule has 0 spiro atoms. The second kappa shape index (κ2) is 71.8. The summed E-state index contributed by atoms with van der Waals surface area (Å²) < 4.78 is 68.7. The van der Waals surface area contributed by atoms with Crippen LogP contribution in [0.25, 0.3) is 0 Å². The van der Waals surface area contributed by atoms with E-state index in [1.807, 2.05) is 0 Å². The third kappa shape index (κ3) is 74.2. The number of hydrogen-bond acceptors (Lipinski definition) is 15. The summed E-state index contributed by atoms with van der Waals surface area (Å²) in [6, 6.07) is 0. The fourth-order valence-electron chi connectivity index (χ4n) is 12.1. The molecule has 0 aromatic rings. The summed E-state index contributed by atoms with van der Waals surface area (Å²) in [6.07, 6.45) is 63.3. The highest BCUT2D eigenvalue weighted by Gasteiger charge is 2.30. The molecule has 6 atom stereocenters. The maximum absolute atomic E-state index is 13.1. The number of phosphoric acid groups is 2. The first-order chi connectivity index (χ1) is 48.8. The maximum Gasteiger partial charge on any atom is 0.472 e. The molecule has 3 unspecified atom stereocenters. The standard InChI is InChI=1S/C82H156O17P2/c1-8-10-11-12-13-14-15-16-19-26-31-36-41-49-56-63-79(84)92-69-77(98-81(86)65-58-51-42-37-32-27-21-18-17-20-24-29-34-39-46-53-60-73(3)4)71-96-100(88,89)94-67-76(83)68-95-101(90,91)97-72-78(70-93-80(85)64-57-50-45-44-48-55-62-75(7)9-2)99-82(87)66-59-52-43-38-33-28-23-22-25-30-35-40-47-54-61-74(5)6/h14-16,19,73-78,83H,8-13,17-18,20-72H2,1-7H3,(H,88,89)(H,90,91)/b15-14-,19-16-/t75?,76-,77-,78-/m1/s1. The van der Waals surface area contributed by atoms with E-state index in [0.717, 1.165) is 133 Å². The Kier molecular flexibility index (Phi) is 70.0. The lowest BCUT2D eigenvalue weighted by molar-refractivity contribution is -0.161. The van der Waals surface area contributed by atoms with E-state index in [4.69, 9.17) is 37.0 Å². The van der Waals surface area contributed by atoms with Crippen molar-refractivity contribution in [3.05, 3.63) is 24.3 Å². The molecule has 0 saturated heterocycles. The smallest absolute Gasteiger partial charge is 0.462 e. The summed E-state index contributed by atoms with van der Waals surface area (Å²) in [7, 11) is -9.93. The van der Waals surface area contributed by atoms with Crippen LogP contribution in [-0.4, -0.2) is 96.7 Å². The Hall–Kier alpha value is -2.46. The molecule has 0 radical (unpaired) electrons. The normalized spacial score (nSPS) is 14.4. The minimum atomic E-state index is -4.97. The molecular formula is C82H156O17P2. The van der Waals surface area contributed by atoms with E-state index in [1.165, 1.54) is 186 Å². The summed E-state index contributed by atoms with van der Waals surface area (Å²) in [6.45, 7) is 11.9. The maximum atomic E-state index is 13.1. The fourth-order valence-corrected chi connectivity index (χ4v) is 13.7. The average Bonchev–Trinajstić information content (AvgIpc) is 0.922. The van der Waals surface area contributed by atoms with Crippen LogP contribution in [0.15, 0.2) is 24.3 Å². The van der Waals surface area contributed by atoms with Gasteiger partial charge in [0.05, 0.1) is 26.4 Å². The van der Waals surface area contributed by atoms with Gasteiger partial charge in [-0.2, -0.15) is 0 Å². The van der Waals surface area contributed by atoms with Crippen molar-refractivity contribution in [1.82, 2.24) is 0 Å². The molecule has 101 heavy (non-hydrogen) atoms. The largest absolute Gasteiger partial charge is 0.472 e. The van der Waals surface area contributed by atoms with Gasteiger partial charge in [-0.1, -0.05) is 349 Å². The van der Waals surface area contributed by atoms with Crippen molar-refractivity contribution in [2.24, 2.45) is 17.8 Å². The molecule has 0 aliphatic heterocycles. The number of ether oxygens (including phenoxy) is 4. The number of rotatable bonds is 78. The number of esters is 4. The van der Waals surface area contributed by atoms with E-state index in [9.17, 15) is 43.2 Å². The number of hydrogen-bond donors (Lipinski definition) is 3. The Morgan fingerprint density at radius 1 is 0.327 bits per heavy atom. The first-order valence-electron chi connectivity index (χ1n) is 41.7. The summed E-state index contributed by atoms with van der Waals surface area (Å²) >= 11 is 0. The van der Waals surface area contributed by atoms with Crippen molar-refractivity contribution in [2.75, 3.05) is 39.6 Å². The number of allylic oxidation sites excluding steroid dienone is 4. The highest BCUT2D eigenvalue weighted by molar-refractivity contribution is 7.47. The molecule has 0 saturated carbocycles. The van der Waals surface area contributed by atoms with Crippen LogP contribution in [0.2, 0.25) is 0 Å². The van der Waals surface area contributed by atoms with E-state index < -0.39 is 97.5 Å². The molecule has 17 nitrogen and oxygen atoms in total. The van der Waals surface area contributed by atoms with Gasteiger partial charge >= 0.3 is 39.5 Å². The Bertz CT molecular complexity index is 2050. The zero-order valence-corrected chi connectivity index (χ0v) is 67.6. The van der Waals surface area contributed by atoms with Gasteiger partial charge in [-0.05, 0) is 69.1 Å². The molecule has 0 aliphatic rings. The number of carbonyl (C=O) groups is 4. The molecule has 0 aromatic carbocycles. The van der Waals surface area contributed by atoms with Crippen LogP contribution in [0.1, 0.15) is 402 Å². The zero-order valence-electron chi connectivity index (χ0n) is 65.9. The van der Waals surface area contributed by atoms with Gasteiger partial charge in [0, 0.05) is 25.7 Å². The van der Waals surface area contributed by atoms with Crippen LogP contribution < -0.4 is 0 Å². The van der Waals surface area contributed by atoms with Crippen molar-refractivity contribution < 1.29 is 80.2 Å². The summed E-state index contributed by atoms with van der Waals surface area (Å²) in [5, 5.41) is 10.6. The number of unbranched alkanes of at least 4 members (excludes halogenated alkanes) is 42. The van der Waals surface area contributed by atoms with Crippen LogP contribution in [-0.2, 0) is 65.4 Å². The van der Waals surface area contributed by atoms with E-state index in [-0.39, 0.29) is 25.7 Å². The van der Waals surface area contributed by atoms with Gasteiger partial charge in [0.2, 0.25) is 0 Å². The van der Waals surface area contributed by atoms with Gasteiger partial charge in [0.15, 0.2) is 12.2 Å². The van der Waals surface area contributed by atoms with Gasteiger partial charge in [-0.3, -0.25) is 37.3 Å². The molecule has 0 fully saturated rings. The fraction of sp³-hybridized carbons (Fsp3) is 0.902. The van der Waals surface area contributed by atoms with Crippen LogP contribution in [0.4, 0.5) is 0 Å². The second-order valence-electron chi connectivity index (χ2n) is 30.0. The van der Waals surface area contributed by atoms with Crippen molar-refractivity contribution >= 4 is 39.5 Å². The lowest BCUT2D eigenvalue weighted by Crippen LogP contribution is -2.30. The topological polar surface area (TPSA) is 237 Å². The third-order valence-corrected chi connectivity index (χ3v) is 20.8. The van der Waals surface area contributed by atoms with Crippen LogP contribution in [0.5, 0.6) is 0 Å². The predicted octanol–water partition coefficient (Wildman–Crippen LogP) is 24.1. The molecule has 0 bridgehead atoms. The van der Waals surface area contributed by atoms with Crippen molar-refractivity contribution in [3.63, 3.8) is 0 Å². The number of phosphoric ester groups is 2. The van der Waals surface area contributed by atoms with Crippen molar-refractivity contribution in [2.45, 2.75) is 420 Å². The van der Waals surface area contributed by atoms with E-state index in [1.54, 1.807) is 0 Å². The Morgan fingerprint density at radius 3 is 0.881 bits per heavy atom. The van der Waals surface area contributed by atoms with Crippen molar-refractivity contribution in [1.29, 1.82) is 0 Å². The van der Waals surface area contributed by atoms with E-state index >= 15 is 0 Å². The number of aliphatic hydroxyl groups is 1. The molecule has 0 rings (SSSR count). The van der Waals surface area contributed by atoms with Gasteiger partial charge in [-0.15, -0.1) is 0 Å². The predicted molar refractivity (Wildman–Crippen MR) is 414 cm³/mol. The lowest BCUT2D eigenvalue weighted by atomic mass is 10.00. The second-order valence-corrected chi connectivity index (χ2v) is 32.9. The molecule has 596 valence electrons. The molecule has 19 heteroatoms. The van der Waals surface area contributed by atoms with Crippen molar-refractivity contribution in [3.8, 4) is 0 Å². The zero-order chi connectivity index (χ0) is 74.4. The lowest BCUT2D eigenvalue weighted by Gasteiger charge is -2.21. The first kappa shape index (κ1) is 98.5. The molecule has 0 amide bonds. The highest BCUT2D eigenvalue weighted by atomic mass is 31.2. The van der Waals surface area contributed by atoms with E-state index in [0.29, 0.717) is 25.7 Å². The summed E-state index contributed by atoms with van der Waals surface area (Å²) in [5.41, 5.74) is 0. The van der Waals surface area contributed by atoms with Gasteiger partial charge in [0.25, 0.3) is 0 Å². The summed E-state index contributed by atoms with van der Waals surface area (Å²) in [4.78, 5) is 73.0. The first-order valence-corrected chi connectivity index (χ1v) is 44.7. The molecule has 0 aliphatic carbocycles. The summed E-state index contributed by atoms with van der Waals surface area (Å²) in [5.74, 6) is 0.189. The van der Waals surface area contributed by atoms with Crippen LogP contribution >= 0.6 is 15.6 Å². The van der Waals surface area contributed by atoms with Crippen LogP contribution in [0.3, 0.4) is 0 Å². The Balaban J connectivity index is 5.27. The monoisotopic (exact) mass is 1480 g/mol. The quantitative estimate of drug-likeness (QED) is 0.0169. The average molecular weight is 1480 g/mol. The van der Waals surface area contributed by atoms with Crippen LogP contribution in [0, 0.1) is 17.8 Å². The number of carbonyl (C=O) groups excluding carboxylic acids is 4. The Labute approximate surface area is 618 Å².